The molecule has 0 unspecified atom stereocenters. The van der Waals surface area contributed by atoms with Gasteiger partial charge in [-0.2, -0.15) is 0 Å². The molecule has 3 aromatic rings. The van der Waals surface area contributed by atoms with Crippen molar-refractivity contribution in [3.8, 4) is 11.3 Å². The first-order valence-electron chi connectivity index (χ1n) is 11.8. The van der Waals surface area contributed by atoms with Crippen LogP contribution in [0, 0.1) is 12.7 Å². The number of aromatic nitrogens is 1. The van der Waals surface area contributed by atoms with Crippen molar-refractivity contribution in [1.82, 2.24) is 10.5 Å². The van der Waals surface area contributed by atoms with E-state index in [0.29, 0.717) is 16.3 Å². The minimum Gasteiger partial charge on any atom is -0.441 e. The number of ether oxygens (including phenoxy) is 1. The average Bonchev–Trinajstić information content (AvgIpc) is 3.60. The monoisotopic (exact) mass is 528 g/mol. The van der Waals surface area contributed by atoms with E-state index in [1.54, 1.807) is 38.1 Å². The van der Waals surface area contributed by atoms with Crippen molar-refractivity contribution in [3.63, 3.8) is 0 Å². The third-order valence-electron chi connectivity index (χ3n) is 5.74. The second kappa shape index (κ2) is 11.4. The molecule has 0 saturated heterocycles. The van der Waals surface area contributed by atoms with Gasteiger partial charge in [0.15, 0.2) is 5.76 Å². The van der Waals surface area contributed by atoms with E-state index in [1.165, 1.54) is 12.1 Å². The summed E-state index contributed by atoms with van der Waals surface area (Å²) >= 11 is 6.17. The van der Waals surface area contributed by atoms with Gasteiger partial charge in [-0.15, -0.1) is 0 Å². The Morgan fingerprint density at radius 1 is 1.14 bits per heavy atom. The summed E-state index contributed by atoms with van der Waals surface area (Å²) in [6.07, 6.45) is 0.529. The van der Waals surface area contributed by atoms with Crippen molar-refractivity contribution in [2.24, 2.45) is 0 Å². The molecule has 11 heteroatoms. The molecule has 1 fully saturated rings. The molecule has 4 rings (SSSR count). The lowest BCUT2D eigenvalue weighted by molar-refractivity contribution is -0.124. The summed E-state index contributed by atoms with van der Waals surface area (Å²) in [4.78, 5) is 36.5. The number of rotatable bonds is 9. The number of hydrogen-bond acceptors (Lipinski definition) is 6. The summed E-state index contributed by atoms with van der Waals surface area (Å²) in [7, 11) is 0. The number of hydrogen-bond donors (Lipinski definition) is 3. The third-order valence-corrected chi connectivity index (χ3v) is 6.08. The number of nitrogens with zero attached hydrogens (tertiary/aromatic N) is 1. The Hall–Kier alpha value is -3.92. The second-order valence-electron chi connectivity index (χ2n) is 8.75. The first-order valence-corrected chi connectivity index (χ1v) is 12.2. The topological polar surface area (TPSA) is 123 Å². The molecule has 1 aromatic heterocycles. The molecule has 194 valence electrons. The standard InChI is InChI=1S/C26H26ClFN4O5/c1-14-24(31-26(35)36-15(2)18-5-3-4-6-20(18)27)25(37-32-14)19-10-9-17(13-21(19)28)30-23(34)12-11-22(33)29-16-7-8-16/h3-6,9-10,13,15-16H,7-8,11-12H2,1-2H3,(H,29,33)(H,30,34)(H,31,35)/t15-/m1/s1. The zero-order chi connectivity index (χ0) is 26.5. The second-order valence-corrected chi connectivity index (χ2v) is 9.16. The molecule has 0 bridgehead atoms. The maximum atomic E-state index is 15.0. The van der Waals surface area contributed by atoms with Crippen LogP contribution in [-0.2, 0) is 14.3 Å². The minimum atomic E-state index is -0.796. The highest BCUT2D eigenvalue weighted by atomic mass is 35.5. The van der Waals surface area contributed by atoms with Gasteiger partial charge in [-0.1, -0.05) is 35.0 Å². The largest absolute Gasteiger partial charge is 0.441 e. The van der Waals surface area contributed by atoms with Crippen molar-refractivity contribution in [2.45, 2.75) is 51.7 Å². The number of halogens is 2. The van der Waals surface area contributed by atoms with Crippen LogP contribution in [0.4, 0.5) is 20.6 Å². The summed E-state index contributed by atoms with van der Waals surface area (Å²) in [5.74, 6) is -1.31. The van der Waals surface area contributed by atoms with Gasteiger partial charge < -0.3 is 19.9 Å². The van der Waals surface area contributed by atoms with E-state index in [9.17, 15) is 18.8 Å². The molecular weight excluding hydrogens is 503 g/mol. The number of nitrogens with one attached hydrogen (secondary N) is 3. The van der Waals surface area contributed by atoms with Crippen LogP contribution in [0.2, 0.25) is 5.02 Å². The molecule has 3 N–H and O–H groups in total. The fourth-order valence-electron chi connectivity index (χ4n) is 3.62. The van der Waals surface area contributed by atoms with E-state index in [4.69, 9.17) is 20.9 Å². The van der Waals surface area contributed by atoms with Gasteiger partial charge in [0.25, 0.3) is 0 Å². The van der Waals surface area contributed by atoms with Crippen molar-refractivity contribution < 1.29 is 28.0 Å². The zero-order valence-corrected chi connectivity index (χ0v) is 21.0. The SMILES string of the molecule is Cc1noc(-c2ccc(NC(=O)CCC(=O)NC3CC3)cc2F)c1NC(=O)O[C@H](C)c1ccccc1Cl. The van der Waals surface area contributed by atoms with Crippen molar-refractivity contribution in [1.29, 1.82) is 0 Å². The molecule has 2 aromatic carbocycles. The van der Waals surface area contributed by atoms with Crippen molar-refractivity contribution >= 4 is 40.9 Å². The van der Waals surface area contributed by atoms with E-state index in [2.05, 4.69) is 21.1 Å². The van der Waals surface area contributed by atoms with Gasteiger partial charge in [0.1, 0.15) is 23.3 Å². The Bertz CT molecular complexity index is 1320. The van der Waals surface area contributed by atoms with Crippen molar-refractivity contribution in [2.75, 3.05) is 10.6 Å². The molecule has 1 aliphatic carbocycles. The predicted molar refractivity (Wildman–Crippen MR) is 136 cm³/mol. The first-order chi connectivity index (χ1) is 17.7. The minimum absolute atomic E-state index is 0.00744. The maximum absolute atomic E-state index is 15.0. The number of benzene rings is 2. The molecule has 3 amide bonds. The summed E-state index contributed by atoms with van der Waals surface area (Å²) in [5, 5.41) is 12.2. The molecular formula is C26H26ClFN4O5. The molecule has 0 spiro atoms. The normalized spacial score (nSPS) is 13.5. The lowest BCUT2D eigenvalue weighted by Crippen LogP contribution is -2.26. The highest BCUT2D eigenvalue weighted by Gasteiger charge is 2.24. The van der Waals surface area contributed by atoms with Crippen molar-refractivity contribution in [3.05, 3.63) is 64.6 Å². The molecule has 1 aliphatic rings. The van der Waals surface area contributed by atoms with Gasteiger partial charge in [-0.25, -0.2) is 9.18 Å². The first kappa shape index (κ1) is 26.2. The van der Waals surface area contributed by atoms with E-state index in [-0.39, 0.29) is 47.5 Å². The van der Waals surface area contributed by atoms with Gasteiger partial charge in [-0.3, -0.25) is 14.9 Å². The Morgan fingerprint density at radius 2 is 1.86 bits per heavy atom. The van der Waals surface area contributed by atoms with Crippen LogP contribution in [0.1, 0.15) is 50.0 Å². The number of carbonyl (C=O) groups excluding carboxylic acids is 3. The van der Waals surface area contributed by atoms with E-state index < -0.39 is 23.9 Å². The fraction of sp³-hybridized carbons (Fsp3) is 0.308. The Morgan fingerprint density at radius 3 is 2.57 bits per heavy atom. The smallest absolute Gasteiger partial charge is 0.412 e. The lowest BCUT2D eigenvalue weighted by Gasteiger charge is -2.15. The summed E-state index contributed by atoms with van der Waals surface area (Å²) < 4.78 is 25.7. The van der Waals surface area contributed by atoms with Crippen LogP contribution in [0.15, 0.2) is 47.0 Å². The van der Waals surface area contributed by atoms with Crippen LogP contribution in [0.25, 0.3) is 11.3 Å². The molecule has 1 heterocycles. The highest BCUT2D eigenvalue weighted by molar-refractivity contribution is 6.31. The Labute approximate surface area is 217 Å². The van der Waals surface area contributed by atoms with Crippen LogP contribution < -0.4 is 16.0 Å². The van der Waals surface area contributed by atoms with Crippen LogP contribution in [0.3, 0.4) is 0 Å². The van der Waals surface area contributed by atoms with Gasteiger partial charge in [0.2, 0.25) is 11.8 Å². The van der Waals surface area contributed by atoms with E-state index >= 15 is 0 Å². The number of aryl methyl sites for hydroxylation is 1. The third kappa shape index (κ3) is 6.85. The average molecular weight is 529 g/mol. The zero-order valence-electron chi connectivity index (χ0n) is 20.3. The Kier molecular flexibility index (Phi) is 8.08. The summed E-state index contributed by atoms with van der Waals surface area (Å²) in [6.45, 7) is 3.26. The highest BCUT2D eigenvalue weighted by Crippen LogP contribution is 2.34. The van der Waals surface area contributed by atoms with Gasteiger partial charge in [-0.05, 0) is 51.0 Å². The maximum Gasteiger partial charge on any atom is 0.412 e. The van der Waals surface area contributed by atoms with Crippen LogP contribution >= 0.6 is 11.6 Å². The quantitative estimate of drug-likeness (QED) is 0.325. The van der Waals surface area contributed by atoms with Crippen LogP contribution in [0.5, 0.6) is 0 Å². The predicted octanol–water partition coefficient (Wildman–Crippen LogP) is 5.75. The number of anilines is 2. The van der Waals surface area contributed by atoms with Gasteiger partial charge in [0, 0.05) is 35.2 Å². The number of amides is 3. The van der Waals surface area contributed by atoms with E-state index in [1.807, 2.05) is 0 Å². The molecule has 0 aliphatic heterocycles. The number of carbonyl (C=O) groups is 3. The fourth-order valence-corrected chi connectivity index (χ4v) is 3.91. The molecule has 37 heavy (non-hydrogen) atoms. The Balaban J connectivity index is 1.39. The van der Waals surface area contributed by atoms with Gasteiger partial charge >= 0.3 is 6.09 Å². The van der Waals surface area contributed by atoms with Crippen LogP contribution in [-0.4, -0.2) is 29.1 Å². The molecule has 1 atom stereocenters. The summed E-state index contributed by atoms with van der Waals surface area (Å²) in [6, 6.07) is 11.2. The molecule has 9 nitrogen and oxygen atoms in total. The van der Waals surface area contributed by atoms with Gasteiger partial charge in [0.05, 0.1) is 5.56 Å². The lowest BCUT2D eigenvalue weighted by atomic mass is 10.1. The van der Waals surface area contributed by atoms with E-state index in [0.717, 1.165) is 18.9 Å². The molecule has 0 radical (unpaired) electrons. The molecule has 1 saturated carbocycles. The summed E-state index contributed by atoms with van der Waals surface area (Å²) in [5.41, 5.74) is 1.34.